The molecule has 4 nitrogen and oxygen atoms in total. The van der Waals surface area contributed by atoms with Crippen LogP contribution in [-0.4, -0.2) is 27.3 Å². The Morgan fingerprint density at radius 3 is 3.00 bits per heavy atom. The van der Waals surface area contributed by atoms with E-state index in [2.05, 4.69) is 20.9 Å². The van der Waals surface area contributed by atoms with E-state index in [1.54, 1.807) is 0 Å². The van der Waals surface area contributed by atoms with Gasteiger partial charge in [0.25, 0.3) is 0 Å². The van der Waals surface area contributed by atoms with Gasteiger partial charge in [0.1, 0.15) is 11.3 Å². The first-order valence-electron chi connectivity index (χ1n) is 3.17. The predicted molar refractivity (Wildman–Crippen MR) is 42.9 cm³/mol. The lowest BCUT2D eigenvalue weighted by molar-refractivity contribution is 0.0677. The van der Waals surface area contributed by atoms with Gasteiger partial charge in [-0.3, -0.25) is 0 Å². The zero-order valence-corrected chi connectivity index (χ0v) is 7.58. The number of nitrogens with zero attached hydrogens (tertiary/aromatic N) is 2. The highest BCUT2D eigenvalue weighted by Gasteiger charge is 2.13. The molecule has 1 aromatic rings. The summed E-state index contributed by atoms with van der Waals surface area (Å²) in [6.45, 7) is -0.614. The van der Waals surface area contributed by atoms with Crippen LogP contribution in [0.2, 0.25) is 0 Å². The average molecular weight is 237 g/mol. The van der Waals surface area contributed by atoms with Gasteiger partial charge in [0.2, 0.25) is 5.82 Å². The highest BCUT2D eigenvalue weighted by molar-refractivity contribution is 9.10. The van der Waals surface area contributed by atoms with E-state index in [-0.39, 0.29) is 12.4 Å². The summed E-state index contributed by atoms with van der Waals surface area (Å²) < 4.78 is 13.6. The van der Waals surface area contributed by atoms with Gasteiger partial charge in [-0.05, 0) is 15.9 Å². The van der Waals surface area contributed by atoms with Crippen molar-refractivity contribution >= 4 is 21.9 Å². The highest BCUT2D eigenvalue weighted by atomic mass is 79.9. The van der Waals surface area contributed by atoms with Crippen LogP contribution in [0.5, 0.6) is 0 Å². The zero-order valence-electron chi connectivity index (χ0n) is 6.00. The smallest absolute Gasteiger partial charge is 0.372 e. The van der Waals surface area contributed by atoms with Gasteiger partial charge in [-0.15, -0.1) is 0 Å². The Balaban J connectivity index is 3.03. The summed E-state index contributed by atoms with van der Waals surface area (Å²) in [5, 5.41) is 8.58. The quantitative estimate of drug-likeness (QED) is 0.862. The first kappa shape index (κ1) is 9.18. The second-order valence-electron chi connectivity index (χ2n) is 2.05. The molecule has 0 aliphatic carbocycles. The van der Waals surface area contributed by atoms with E-state index >= 15 is 0 Å². The average Bonchev–Trinajstić information content (AvgIpc) is 2.34. The number of carboxylic acids is 1. The Labute approximate surface area is 76.2 Å². The van der Waals surface area contributed by atoms with E-state index in [0.717, 1.165) is 0 Å². The van der Waals surface area contributed by atoms with Crippen molar-refractivity contribution in [1.29, 1.82) is 0 Å². The van der Waals surface area contributed by atoms with Gasteiger partial charge < -0.3 is 9.67 Å². The van der Waals surface area contributed by atoms with E-state index < -0.39 is 12.6 Å². The molecular weight excluding hydrogens is 231 g/mol. The van der Waals surface area contributed by atoms with Crippen LogP contribution in [0.25, 0.3) is 0 Å². The molecule has 12 heavy (non-hydrogen) atoms. The topological polar surface area (TPSA) is 55.1 Å². The molecule has 0 unspecified atom stereocenters. The minimum absolute atomic E-state index is 0.00220. The maximum absolute atomic E-state index is 11.9. The molecule has 6 heteroatoms. The maximum Gasteiger partial charge on any atom is 0.372 e. The number of carbonyl (C=O) groups is 1. The van der Waals surface area contributed by atoms with Gasteiger partial charge in [-0.25, -0.2) is 14.2 Å². The first-order chi connectivity index (χ1) is 5.66. The third kappa shape index (κ3) is 1.63. The van der Waals surface area contributed by atoms with Crippen LogP contribution in [-0.2, 0) is 6.54 Å². The van der Waals surface area contributed by atoms with Crippen molar-refractivity contribution < 1.29 is 14.3 Å². The number of aromatic carboxylic acids is 1. The normalized spacial score (nSPS) is 10.2. The Morgan fingerprint density at radius 1 is 1.83 bits per heavy atom. The van der Waals surface area contributed by atoms with Crippen molar-refractivity contribution in [2.75, 3.05) is 6.67 Å². The van der Waals surface area contributed by atoms with E-state index in [0.29, 0.717) is 4.60 Å². The van der Waals surface area contributed by atoms with E-state index in [9.17, 15) is 9.18 Å². The SMILES string of the molecule is O=C(O)c1ncc(Br)n1CCF. The molecular formula is C6H6BrFN2O2. The van der Waals surface area contributed by atoms with Crippen LogP contribution < -0.4 is 0 Å². The summed E-state index contributed by atoms with van der Waals surface area (Å²) in [5.74, 6) is -1.31. The molecule has 0 saturated carbocycles. The molecule has 1 rings (SSSR count). The standard InChI is InChI=1S/C6H6BrFN2O2/c7-4-3-9-5(6(11)12)10(4)2-1-8/h3H,1-2H2,(H,11,12). The molecule has 0 amide bonds. The van der Waals surface area contributed by atoms with Gasteiger partial charge in [-0.2, -0.15) is 0 Å². The van der Waals surface area contributed by atoms with Crippen molar-refractivity contribution in [1.82, 2.24) is 9.55 Å². The van der Waals surface area contributed by atoms with E-state index in [1.807, 2.05) is 0 Å². The molecule has 0 aromatic carbocycles. The summed E-state index contributed by atoms with van der Waals surface area (Å²) in [6, 6.07) is 0. The fourth-order valence-electron chi connectivity index (χ4n) is 0.823. The van der Waals surface area contributed by atoms with Gasteiger partial charge in [0.15, 0.2) is 0 Å². The summed E-state index contributed by atoms with van der Waals surface area (Å²) in [4.78, 5) is 14.1. The largest absolute Gasteiger partial charge is 0.475 e. The lowest BCUT2D eigenvalue weighted by Crippen LogP contribution is -2.11. The van der Waals surface area contributed by atoms with Gasteiger partial charge in [-0.1, -0.05) is 0 Å². The van der Waals surface area contributed by atoms with Crippen molar-refractivity contribution in [3.8, 4) is 0 Å². The number of rotatable bonds is 3. The van der Waals surface area contributed by atoms with Crippen LogP contribution in [0.1, 0.15) is 10.6 Å². The Bertz CT molecular complexity index is 300. The van der Waals surface area contributed by atoms with E-state index in [4.69, 9.17) is 5.11 Å². The summed E-state index contributed by atoms with van der Waals surface area (Å²) >= 11 is 3.06. The monoisotopic (exact) mass is 236 g/mol. The minimum atomic E-state index is -1.16. The molecule has 1 heterocycles. The van der Waals surface area contributed by atoms with Crippen LogP contribution in [0.15, 0.2) is 10.8 Å². The maximum atomic E-state index is 11.9. The number of hydrogen-bond acceptors (Lipinski definition) is 2. The molecule has 0 atom stereocenters. The lowest BCUT2D eigenvalue weighted by atomic mass is 10.6. The summed E-state index contributed by atoms with van der Waals surface area (Å²) in [5.41, 5.74) is 0. The third-order valence-electron chi connectivity index (χ3n) is 1.31. The number of alkyl halides is 1. The second kappa shape index (κ2) is 3.66. The van der Waals surface area contributed by atoms with Crippen LogP contribution in [0.4, 0.5) is 4.39 Å². The molecule has 1 N–H and O–H groups in total. The van der Waals surface area contributed by atoms with Crippen molar-refractivity contribution in [3.05, 3.63) is 16.6 Å². The number of carboxylic acid groups (broad SMARTS) is 1. The van der Waals surface area contributed by atoms with Crippen molar-refractivity contribution in [2.24, 2.45) is 0 Å². The fraction of sp³-hybridized carbons (Fsp3) is 0.333. The predicted octanol–water partition coefficient (Wildman–Crippen LogP) is 1.31. The van der Waals surface area contributed by atoms with Gasteiger partial charge in [0.05, 0.1) is 12.7 Å². The molecule has 0 aliphatic rings. The van der Waals surface area contributed by atoms with Crippen molar-refractivity contribution in [2.45, 2.75) is 6.54 Å². The van der Waals surface area contributed by atoms with Crippen LogP contribution in [0, 0.1) is 0 Å². The first-order valence-corrected chi connectivity index (χ1v) is 3.96. The Hall–Kier alpha value is -0.910. The lowest BCUT2D eigenvalue weighted by Gasteiger charge is -2.01. The van der Waals surface area contributed by atoms with Crippen LogP contribution >= 0.6 is 15.9 Å². The van der Waals surface area contributed by atoms with Crippen LogP contribution in [0.3, 0.4) is 0 Å². The molecule has 0 saturated heterocycles. The zero-order chi connectivity index (χ0) is 9.14. The highest BCUT2D eigenvalue weighted by Crippen LogP contribution is 2.12. The Morgan fingerprint density at radius 2 is 2.50 bits per heavy atom. The molecule has 0 spiro atoms. The minimum Gasteiger partial charge on any atom is -0.475 e. The molecule has 0 aliphatic heterocycles. The molecule has 0 radical (unpaired) electrons. The fourth-order valence-corrected chi connectivity index (χ4v) is 1.27. The van der Waals surface area contributed by atoms with Crippen molar-refractivity contribution in [3.63, 3.8) is 0 Å². The molecule has 1 aromatic heterocycles. The number of halogens is 2. The third-order valence-corrected chi connectivity index (χ3v) is 1.94. The Kier molecular flexibility index (Phi) is 2.80. The molecule has 0 bridgehead atoms. The molecule has 0 fully saturated rings. The number of hydrogen-bond donors (Lipinski definition) is 1. The summed E-state index contributed by atoms with van der Waals surface area (Å²) in [6.07, 6.45) is 1.33. The van der Waals surface area contributed by atoms with Gasteiger partial charge in [0, 0.05) is 0 Å². The number of aromatic nitrogens is 2. The summed E-state index contributed by atoms with van der Waals surface area (Å²) in [7, 11) is 0. The second-order valence-corrected chi connectivity index (χ2v) is 2.86. The van der Waals surface area contributed by atoms with Gasteiger partial charge >= 0.3 is 5.97 Å². The van der Waals surface area contributed by atoms with E-state index in [1.165, 1.54) is 10.8 Å². The number of imidazole rings is 1. The molecule has 66 valence electrons.